The third-order valence-corrected chi connectivity index (χ3v) is 3.04. The van der Waals surface area contributed by atoms with Crippen molar-refractivity contribution >= 4 is 33.7 Å². The molecule has 0 heterocycles. The van der Waals surface area contributed by atoms with Gasteiger partial charge in [0.15, 0.2) is 0 Å². The van der Waals surface area contributed by atoms with Gasteiger partial charge in [-0.3, -0.25) is 0 Å². The minimum absolute atomic E-state index is 0.0455. The van der Waals surface area contributed by atoms with Crippen LogP contribution < -0.4 is 0 Å². The van der Waals surface area contributed by atoms with E-state index < -0.39 is 23.5 Å². The zero-order chi connectivity index (χ0) is 16.9. The van der Waals surface area contributed by atoms with E-state index in [1.807, 2.05) is 0 Å². The number of ether oxygens (including phenoxy) is 2. The summed E-state index contributed by atoms with van der Waals surface area (Å²) in [6, 6.07) is 4.37. The number of benzene rings is 1. The highest BCUT2D eigenvalue weighted by Crippen LogP contribution is 2.17. The fourth-order valence-electron chi connectivity index (χ4n) is 1.51. The Labute approximate surface area is 136 Å². The Morgan fingerprint density at radius 1 is 1.32 bits per heavy atom. The fourth-order valence-corrected chi connectivity index (χ4v) is 1.76. The van der Waals surface area contributed by atoms with Crippen LogP contribution in [0.5, 0.6) is 0 Å². The number of hydrogen-bond donors (Lipinski definition) is 0. The number of hydrogen-bond acceptors (Lipinski definition) is 4. The zero-order valence-electron chi connectivity index (χ0n) is 12.8. The Hall–Kier alpha value is -1.76. The molecule has 7 heteroatoms. The third-order valence-electron chi connectivity index (χ3n) is 2.40. The van der Waals surface area contributed by atoms with Crippen LogP contribution in [0.4, 0.5) is 9.18 Å². The van der Waals surface area contributed by atoms with Crippen molar-refractivity contribution in [1.82, 2.24) is 0 Å². The number of aliphatic imine (C=N–C) groups is 1. The van der Waals surface area contributed by atoms with Gasteiger partial charge in [-0.2, -0.15) is 4.99 Å². The lowest BCUT2D eigenvalue weighted by Crippen LogP contribution is -2.25. The van der Waals surface area contributed by atoms with Crippen molar-refractivity contribution in [3.05, 3.63) is 34.1 Å². The van der Waals surface area contributed by atoms with Crippen LogP contribution in [0.2, 0.25) is 0 Å². The van der Waals surface area contributed by atoms with Gasteiger partial charge in [-0.05, 0) is 54.4 Å². The van der Waals surface area contributed by atoms with Gasteiger partial charge in [0.25, 0.3) is 0 Å². The van der Waals surface area contributed by atoms with Crippen LogP contribution in [-0.2, 0) is 20.7 Å². The van der Waals surface area contributed by atoms with Gasteiger partial charge >= 0.3 is 12.1 Å². The van der Waals surface area contributed by atoms with Crippen molar-refractivity contribution in [3.8, 4) is 0 Å². The van der Waals surface area contributed by atoms with Gasteiger partial charge in [0.2, 0.25) is 0 Å². The van der Waals surface area contributed by atoms with Crippen molar-refractivity contribution in [1.29, 1.82) is 0 Å². The smallest absolute Gasteiger partial charge is 0.434 e. The molecule has 1 aromatic carbocycles. The average molecular weight is 374 g/mol. The molecule has 0 radical (unpaired) electrons. The quantitative estimate of drug-likeness (QED) is 0.598. The van der Waals surface area contributed by atoms with Crippen LogP contribution in [0.1, 0.15) is 26.3 Å². The van der Waals surface area contributed by atoms with E-state index in [-0.39, 0.29) is 12.1 Å². The molecule has 0 saturated heterocycles. The van der Waals surface area contributed by atoms with Crippen LogP contribution in [0, 0.1) is 5.82 Å². The van der Waals surface area contributed by atoms with Crippen LogP contribution in [0.25, 0.3) is 0 Å². The SMILES string of the molecule is COC(=O)C(Cc1ccc(Br)c(F)c1)=NC(=O)OC(C)(C)C. The molecular weight excluding hydrogens is 357 g/mol. The zero-order valence-corrected chi connectivity index (χ0v) is 14.4. The van der Waals surface area contributed by atoms with Gasteiger partial charge in [0.1, 0.15) is 17.1 Å². The lowest BCUT2D eigenvalue weighted by atomic mass is 10.1. The van der Waals surface area contributed by atoms with Crippen molar-refractivity contribution in [2.24, 2.45) is 4.99 Å². The van der Waals surface area contributed by atoms with E-state index >= 15 is 0 Å². The summed E-state index contributed by atoms with van der Waals surface area (Å²) in [5.74, 6) is -1.24. The molecule has 0 bridgehead atoms. The summed E-state index contributed by atoms with van der Waals surface area (Å²) in [5.41, 5.74) is -0.405. The summed E-state index contributed by atoms with van der Waals surface area (Å²) in [5, 5.41) is 0. The van der Waals surface area contributed by atoms with Crippen molar-refractivity contribution in [3.63, 3.8) is 0 Å². The monoisotopic (exact) mass is 373 g/mol. The largest absolute Gasteiger partial charge is 0.465 e. The van der Waals surface area contributed by atoms with Crippen LogP contribution in [-0.4, -0.2) is 30.5 Å². The van der Waals surface area contributed by atoms with Gasteiger partial charge in [0, 0.05) is 6.42 Å². The number of esters is 1. The molecule has 0 saturated carbocycles. The summed E-state index contributed by atoms with van der Waals surface area (Å²) >= 11 is 3.04. The molecule has 1 amide bonds. The van der Waals surface area contributed by atoms with Gasteiger partial charge in [-0.25, -0.2) is 14.0 Å². The highest BCUT2D eigenvalue weighted by molar-refractivity contribution is 9.10. The average Bonchev–Trinajstić information content (AvgIpc) is 2.39. The molecule has 0 aromatic heterocycles. The molecular formula is C15H17BrFNO4. The van der Waals surface area contributed by atoms with Crippen LogP contribution >= 0.6 is 15.9 Å². The predicted molar refractivity (Wildman–Crippen MR) is 83.5 cm³/mol. The van der Waals surface area contributed by atoms with Crippen molar-refractivity contribution in [2.45, 2.75) is 32.8 Å². The first-order valence-electron chi connectivity index (χ1n) is 6.45. The Balaban J connectivity index is 3.00. The Morgan fingerprint density at radius 3 is 2.45 bits per heavy atom. The number of nitrogens with zero attached hydrogens (tertiary/aromatic N) is 1. The first kappa shape index (κ1) is 18.3. The highest BCUT2D eigenvalue weighted by Gasteiger charge is 2.20. The Kier molecular flexibility index (Phi) is 6.22. The fraction of sp³-hybridized carbons (Fsp3) is 0.400. The maximum atomic E-state index is 13.5. The Bertz CT molecular complexity index is 608. The maximum absolute atomic E-state index is 13.5. The lowest BCUT2D eigenvalue weighted by Gasteiger charge is -2.17. The molecule has 0 N–H and O–H groups in total. The molecule has 1 rings (SSSR count). The molecule has 0 atom stereocenters. The second-order valence-corrected chi connectivity index (χ2v) is 6.31. The first-order valence-corrected chi connectivity index (χ1v) is 7.24. The number of amides is 1. The van der Waals surface area contributed by atoms with Crippen molar-refractivity contribution in [2.75, 3.05) is 7.11 Å². The van der Waals surface area contributed by atoms with E-state index in [0.717, 1.165) is 0 Å². The number of carbonyl (C=O) groups excluding carboxylic acids is 2. The Morgan fingerprint density at radius 2 is 1.95 bits per heavy atom. The highest BCUT2D eigenvalue weighted by atomic mass is 79.9. The molecule has 0 aliphatic rings. The number of methoxy groups -OCH3 is 1. The number of halogens is 2. The van der Waals surface area contributed by atoms with Crippen LogP contribution in [0.15, 0.2) is 27.7 Å². The molecule has 0 unspecified atom stereocenters. The lowest BCUT2D eigenvalue weighted by molar-refractivity contribution is -0.132. The van der Waals surface area contributed by atoms with E-state index in [1.54, 1.807) is 26.8 Å². The molecule has 0 aliphatic heterocycles. The van der Waals surface area contributed by atoms with Crippen LogP contribution in [0.3, 0.4) is 0 Å². The van der Waals surface area contributed by atoms with Crippen molar-refractivity contribution < 1.29 is 23.5 Å². The van der Waals surface area contributed by atoms with E-state index in [4.69, 9.17) is 4.74 Å². The molecule has 0 fully saturated rings. The second-order valence-electron chi connectivity index (χ2n) is 5.46. The number of rotatable bonds is 3. The van der Waals surface area contributed by atoms with Gasteiger partial charge in [-0.1, -0.05) is 6.07 Å². The minimum Gasteiger partial charge on any atom is -0.465 e. The summed E-state index contributed by atoms with van der Waals surface area (Å²) < 4.78 is 23.4. The van der Waals surface area contributed by atoms with E-state index in [2.05, 4.69) is 25.7 Å². The summed E-state index contributed by atoms with van der Waals surface area (Å²) in [4.78, 5) is 27.0. The third kappa shape index (κ3) is 5.93. The molecule has 0 aliphatic carbocycles. The first-order chi connectivity index (χ1) is 10.1. The number of carbonyl (C=O) groups is 2. The second kappa shape index (κ2) is 7.49. The molecule has 22 heavy (non-hydrogen) atoms. The molecule has 120 valence electrons. The molecule has 5 nitrogen and oxygen atoms in total. The van der Waals surface area contributed by atoms with Gasteiger partial charge in [0.05, 0.1) is 11.6 Å². The van der Waals surface area contributed by atoms with Gasteiger partial charge < -0.3 is 9.47 Å². The van der Waals surface area contributed by atoms with E-state index in [0.29, 0.717) is 10.0 Å². The molecule has 1 aromatic rings. The summed E-state index contributed by atoms with van der Waals surface area (Å²) in [6.45, 7) is 5.05. The minimum atomic E-state index is -0.898. The summed E-state index contributed by atoms with van der Waals surface area (Å²) in [6.07, 6.45) is -0.943. The predicted octanol–water partition coefficient (Wildman–Crippen LogP) is 3.68. The topological polar surface area (TPSA) is 65.0 Å². The van der Waals surface area contributed by atoms with E-state index in [9.17, 15) is 14.0 Å². The normalized spacial score (nSPS) is 12.0. The van der Waals surface area contributed by atoms with E-state index in [1.165, 1.54) is 19.2 Å². The maximum Gasteiger partial charge on any atom is 0.434 e. The standard InChI is InChI=1S/C15H17BrFNO4/c1-15(2,3)22-14(20)18-12(13(19)21-4)8-9-5-6-10(16)11(17)7-9/h5-7H,8H2,1-4H3. The van der Waals surface area contributed by atoms with Gasteiger partial charge in [-0.15, -0.1) is 0 Å². The molecule has 0 spiro atoms. The summed E-state index contributed by atoms with van der Waals surface area (Å²) in [7, 11) is 1.18.